The molecule has 0 spiro atoms. The topological polar surface area (TPSA) is 107 Å². The van der Waals surface area contributed by atoms with E-state index in [2.05, 4.69) is 5.32 Å². The second-order valence-corrected chi connectivity index (χ2v) is 6.52. The van der Waals surface area contributed by atoms with Crippen molar-refractivity contribution >= 4 is 23.8 Å². The van der Waals surface area contributed by atoms with Gasteiger partial charge < -0.3 is 15.3 Å². The SMILES string of the molecule is O=C(O)C1CCN(C(=O)NCCCCN2C(=O)c3ccccc3C2=O)C1. The summed E-state index contributed by atoms with van der Waals surface area (Å²) in [5.41, 5.74) is 0.876. The molecule has 1 aromatic carbocycles. The smallest absolute Gasteiger partial charge is 0.317 e. The van der Waals surface area contributed by atoms with Gasteiger partial charge in [-0.05, 0) is 31.4 Å². The van der Waals surface area contributed by atoms with E-state index in [4.69, 9.17) is 5.11 Å². The number of carbonyl (C=O) groups excluding carboxylic acids is 3. The summed E-state index contributed by atoms with van der Waals surface area (Å²) in [5.74, 6) is -1.91. The number of amides is 4. The van der Waals surface area contributed by atoms with Crippen molar-refractivity contribution < 1.29 is 24.3 Å². The van der Waals surface area contributed by atoms with Crippen LogP contribution in [0, 0.1) is 5.92 Å². The van der Waals surface area contributed by atoms with Crippen LogP contribution in [0.2, 0.25) is 0 Å². The molecule has 0 bridgehead atoms. The van der Waals surface area contributed by atoms with Crippen LogP contribution in [0.5, 0.6) is 0 Å². The van der Waals surface area contributed by atoms with Gasteiger partial charge in [0.05, 0.1) is 17.0 Å². The third-order valence-corrected chi connectivity index (χ3v) is 4.79. The van der Waals surface area contributed by atoms with E-state index in [1.807, 2.05) is 0 Å². The second kappa shape index (κ2) is 7.55. The number of carboxylic acids is 1. The van der Waals surface area contributed by atoms with Gasteiger partial charge in [0.1, 0.15) is 0 Å². The number of unbranched alkanes of at least 4 members (excludes halogenated alkanes) is 1. The Morgan fingerprint density at radius 2 is 1.77 bits per heavy atom. The molecule has 0 saturated carbocycles. The van der Waals surface area contributed by atoms with Crippen molar-refractivity contribution in [3.63, 3.8) is 0 Å². The zero-order valence-corrected chi connectivity index (χ0v) is 14.3. The number of hydrogen-bond acceptors (Lipinski definition) is 4. The number of aliphatic carboxylic acids is 1. The van der Waals surface area contributed by atoms with Gasteiger partial charge in [0, 0.05) is 26.2 Å². The molecule has 0 radical (unpaired) electrons. The summed E-state index contributed by atoms with van der Waals surface area (Å²) in [6.07, 6.45) is 1.68. The highest BCUT2D eigenvalue weighted by molar-refractivity contribution is 6.21. The van der Waals surface area contributed by atoms with Crippen molar-refractivity contribution in [2.24, 2.45) is 5.92 Å². The number of carboxylic acid groups (broad SMARTS) is 1. The lowest BCUT2D eigenvalue weighted by atomic mass is 10.1. The number of rotatable bonds is 6. The molecule has 2 N–H and O–H groups in total. The van der Waals surface area contributed by atoms with E-state index >= 15 is 0 Å². The monoisotopic (exact) mass is 359 g/mol. The molecule has 3 rings (SSSR count). The zero-order valence-electron chi connectivity index (χ0n) is 14.3. The van der Waals surface area contributed by atoms with Crippen LogP contribution in [0.1, 0.15) is 40.0 Å². The average Bonchev–Trinajstić information content (AvgIpc) is 3.21. The number of hydrogen-bond donors (Lipinski definition) is 2. The summed E-state index contributed by atoms with van der Waals surface area (Å²) in [7, 11) is 0. The molecule has 1 atom stereocenters. The summed E-state index contributed by atoms with van der Waals surface area (Å²) in [6.45, 7) is 1.40. The molecule has 0 aliphatic carbocycles. The van der Waals surface area contributed by atoms with Gasteiger partial charge in [-0.3, -0.25) is 19.3 Å². The fourth-order valence-electron chi connectivity index (χ4n) is 3.29. The van der Waals surface area contributed by atoms with Gasteiger partial charge in [-0.15, -0.1) is 0 Å². The van der Waals surface area contributed by atoms with Crippen LogP contribution >= 0.6 is 0 Å². The quantitative estimate of drug-likeness (QED) is 0.586. The minimum atomic E-state index is -0.874. The van der Waals surface area contributed by atoms with Crippen LogP contribution in [0.3, 0.4) is 0 Å². The summed E-state index contributed by atoms with van der Waals surface area (Å²) in [4.78, 5) is 50.1. The summed E-state index contributed by atoms with van der Waals surface area (Å²) in [6, 6.07) is 6.49. The maximum absolute atomic E-state index is 12.2. The summed E-state index contributed by atoms with van der Waals surface area (Å²) >= 11 is 0. The molecule has 26 heavy (non-hydrogen) atoms. The highest BCUT2D eigenvalue weighted by Crippen LogP contribution is 2.22. The molecule has 2 heterocycles. The van der Waals surface area contributed by atoms with Gasteiger partial charge in [-0.1, -0.05) is 12.1 Å². The molecule has 4 amide bonds. The Hall–Kier alpha value is -2.90. The highest BCUT2D eigenvalue weighted by atomic mass is 16.4. The van der Waals surface area contributed by atoms with Gasteiger partial charge in [0.2, 0.25) is 0 Å². The van der Waals surface area contributed by atoms with Gasteiger partial charge in [0.15, 0.2) is 0 Å². The van der Waals surface area contributed by atoms with Crippen molar-refractivity contribution in [1.82, 2.24) is 15.1 Å². The standard InChI is InChI=1S/C18H21N3O5/c22-15-13-5-1-2-6-14(13)16(23)21(15)9-4-3-8-19-18(26)20-10-7-12(11-20)17(24)25/h1-2,5-6,12H,3-4,7-11H2,(H,19,26)(H,24,25). The molecule has 2 aliphatic rings. The number of fused-ring (bicyclic) bond motifs is 1. The van der Waals surface area contributed by atoms with Gasteiger partial charge >= 0.3 is 12.0 Å². The lowest BCUT2D eigenvalue weighted by Gasteiger charge is -2.17. The van der Waals surface area contributed by atoms with Crippen molar-refractivity contribution in [3.05, 3.63) is 35.4 Å². The van der Waals surface area contributed by atoms with Crippen molar-refractivity contribution in [2.75, 3.05) is 26.2 Å². The number of carbonyl (C=O) groups is 4. The van der Waals surface area contributed by atoms with Crippen LogP contribution in [-0.2, 0) is 4.79 Å². The van der Waals surface area contributed by atoms with E-state index in [1.54, 1.807) is 24.3 Å². The summed E-state index contributed by atoms with van der Waals surface area (Å²) < 4.78 is 0. The normalized spacial score (nSPS) is 19.0. The fourth-order valence-corrected chi connectivity index (χ4v) is 3.29. The average molecular weight is 359 g/mol. The molecular formula is C18H21N3O5. The van der Waals surface area contributed by atoms with E-state index < -0.39 is 11.9 Å². The van der Waals surface area contributed by atoms with E-state index in [-0.39, 0.29) is 24.4 Å². The molecule has 8 heteroatoms. The van der Waals surface area contributed by atoms with Gasteiger partial charge in [-0.25, -0.2) is 4.79 Å². The Bertz CT molecular complexity index is 713. The number of nitrogens with zero attached hydrogens (tertiary/aromatic N) is 2. The lowest BCUT2D eigenvalue weighted by molar-refractivity contribution is -0.141. The zero-order chi connectivity index (χ0) is 18.7. The molecule has 1 saturated heterocycles. The lowest BCUT2D eigenvalue weighted by Crippen LogP contribution is -2.39. The van der Waals surface area contributed by atoms with E-state index in [0.717, 1.165) is 0 Å². The number of urea groups is 1. The second-order valence-electron chi connectivity index (χ2n) is 6.52. The third-order valence-electron chi connectivity index (χ3n) is 4.79. The molecule has 8 nitrogen and oxygen atoms in total. The van der Waals surface area contributed by atoms with Crippen molar-refractivity contribution in [2.45, 2.75) is 19.3 Å². The van der Waals surface area contributed by atoms with Gasteiger partial charge in [-0.2, -0.15) is 0 Å². The Kier molecular flexibility index (Phi) is 5.20. The Balaban J connectivity index is 1.38. The third kappa shape index (κ3) is 3.54. The maximum atomic E-state index is 12.2. The number of likely N-dealkylation sites (tertiary alicyclic amines) is 1. The van der Waals surface area contributed by atoms with Crippen LogP contribution < -0.4 is 5.32 Å². The minimum absolute atomic E-state index is 0.232. The molecular weight excluding hydrogens is 338 g/mol. The predicted molar refractivity (Wildman–Crippen MR) is 91.8 cm³/mol. The fraction of sp³-hybridized carbons (Fsp3) is 0.444. The van der Waals surface area contributed by atoms with Gasteiger partial charge in [0.25, 0.3) is 11.8 Å². The number of nitrogens with one attached hydrogen (secondary N) is 1. The molecule has 1 unspecified atom stereocenters. The Labute approximate surface area is 150 Å². The molecule has 1 fully saturated rings. The first kappa shape index (κ1) is 17.9. The largest absolute Gasteiger partial charge is 0.481 e. The van der Waals surface area contributed by atoms with Crippen LogP contribution in [0.4, 0.5) is 4.79 Å². The van der Waals surface area contributed by atoms with E-state index in [1.165, 1.54) is 9.80 Å². The van der Waals surface area contributed by atoms with Crippen LogP contribution in [-0.4, -0.2) is 64.9 Å². The van der Waals surface area contributed by atoms with Crippen molar-refractivity contribution in [3.8, 4) is 0 Å². The van der Waals surface area contributed by atoms with Crippen LogP contribution in [0.15, 0.2) is 24.3 Å². The molecule has 2 aliphatic heterocycles. The predicted octanol–water partition coefficient (Wildman–Crippen LogP) is 1.18. The van der Waals surface area contributed by atoms with Crippen molar-refractivity contribution in [1.29, 1.82) is 0 Å². The first-order chi connectivity index (χ1) is 12.5. The van der Waals surface area contributed by atoms with E-state index in [9.17, 15) is 19.2 Å². The van der Waals surface area contributed by atoms with E-state index in [0.29, 0.717) is 50.0 Å². The first-order valence-corrected chi connectivity index (χ1v) is 8.70. The molecule has 138 valence electrons. The summed E-state index contributed by atoms with van der Waals surface area (Å²) in [5, 5.41) is 11.7. The number of benzene rings is 1. The Morgan fingerprint density at radius 1 is 1.12 bits per heavy atom. The number of imide groups is 1. The molecule has 1 aromatic rings. The molecule has 0 aromatic heterocycles. The Morgan fingerprint density at radius 3 is 2.35 bits per heavy atom. The van der Waals surface area contributed by atoms with Crippen LogP contribution in [0.25, 0.3) is 0 Å². The maximum Gasteiger partial charge on any atom is 0.317 e. The minimum Gasteiger partial charge on any atom is -0.481 e. The highest BCUT2D eigenvalue weighted by Gasteiger charge is 2.34. The first-order valence-electron chi connectivity index (χ1n) is 8.70.